The van der Waals surface area contributed by atoms with Gasteiger partial charge in [-0.25, -0.2) is 4.68 Å². The molecular weight excluding hydrogens is 399 g/mol. The number of aromatic nitrogens is 2. The number of alkyl halides is 3. The Kier molecular flexibility index (Phi) is 6.20. The van der Waals surface area contributed by atoms with Crippen LogP contribution in [0.4, 0.5) is 18.9 Å². The van der Waals surface area contributed by atoms with Crippen molar-refractivity contribution in [1.82, 2.24) is 9.78 Å². The van der Waals surface area contributed by atoms with E-state index in [1.807, 2.05) is 31.2 Å². The minimum absolute atomic E-state index is 0.167. The van der Waals surface area contributed by atoms with Gasteiger partial charge in [-0.2, -0.15) is 5.10 Å². The number of amides is 1. The monoisotopic (exact) mass is 417 g/mol. The normalized spacial score (nSPS) is 11.2. The molecule has 30 heavy (non-hydrogen) atoms. The number of anilines is 1. The second kappa shape index (κ2) is 8.81. The topological polar surface area (TPSA) is 73.2 Å². The summed E-state index contributed by atoms with van der Waals surface area (Å²) < 4.78 is 42.4. The van der Waals surface area contributed by atoms with Crippen LogP contribution in [0.15, 0.2) is 65.5 Å². The van der Waals surface area contributed by atoms with Gasteiger partial charge in [0.15, 0.2) is 5.75 Å². The molecule has 1 amide bonds. The van der Waals surface area contributed by atoms with Crippen molar-refractivity contribution in [3.05, 3.63) is 76.6 Å². The Bertz CT molecular complexity index is 1090. The molecule has 1 N–H and O–H groups in total. The molecular formula is C21H18F3N3O3. The van der Waals surface area contributed by atoms with Gasteiger partial charge in [0.2, 0.25) is 5.91 Å². The summed E-state index contributed by atoms with van der Waals surface area (Å²) in [5.41, 5.74) is 1.72. The molecule has 1 heterocycles. The number of hydrogen-bond acceptors (Lipinski definition) is 4. The molecule has 2 aromatic carbocycles. The van der Waals surface area contributed by atoms with E-state index >= 15 is 0 Å². The zero-order valence-corrected chi connectivity index (χ0v) is 15.9. The van der Waals surface area contributed by atoms with Crippen LogP contribution in [0.1, 0.15) is 12.5 Å². The highest BCUT2D eigenvalue weighted by Gasteiger charge is 2.32. The largest absolute Gasteiger partial charge is 0.573 e. The molecule has 0 radical (unpaired) electrons. The van der Waals surface area contributed by atoms with E-state index in [2.05, 4.69) is 15.2 Å². The van der Waals surface area contributed by atoms with Gasteiger partial charge in [-0.15, -0.1) is 13.2 Å². The van der Waals surface area contributed by atoms with Gasteiger partial charge in [0.25, 0.3) is 5.56 Å². The van der Waals surface area contributed by atoms with Crippen LogP contribution in [0.5, 0.6) is 5.75 Å². The van der Waals surface area contributed by atoms with Crippen LogP contribution in [-0.2, 0) is 17.8 Å². The number of halogens is 3. The van der Waals surface area contributed by atoms with E-state index in [1.54, 1.807) is 6.07 Å². The molecule has 0 bridgehead atoms. The number of carbonyl (C=O) groups excluding carboxylic acids is 1. The van der Waals surface area contributed by atoms with Crippen molar-refractivity contribution in [2.75, 3.05) is 5.32 Å². The van der Waals surface area contributed by atoms with E-state index < -0.39 is 30.1 Å². The lowest BCUT2D eigenvalue weighted by Crippen LogP contribution is -2.29. The second-order valence-corrected chi connectivity index (χ2v) is 6.36. The van der Waals surface area contributed by atoms with Crippen molar-refractivity contribution < 1.29 is 22.7 Å². The highest BCUT2D eigenvalue weighted by molar-refractivity contribution is 5.92. The van der Waals surface area contributed by atoms with Crippen molar-refractivity contribution >= 4 is 11.6 Å². The van der Waals surface area contributed by atoms with Crippen LogP contribution >= 0.6 is 0 Å². The third-order valence-electron chi connectivity index (χ3n) is 4.20. The smallest absolute Gasteiger partial charge is 0.404 e. The van der Waals surface area contributed by atoms with E-state index in [9.17, 15) is 22.8 Å². The summed E-state index contributed by atoms with van der Waals surface area (Å²) >= 11 is 0. The Labute approximate surface area is 169 Å². The van der Waals surface area contributed by atoms with E-state index in [0.29, 0.717) is 5.69 Å². The number of benzene rings is 2. The summed E-state index contributed by atoms with van der Waals surface area (Å²) in [6.07, 6.45) is -4.02. The number of rotatable bonds is 6. The lowest BCUT2D eigenvalue weighted by Gasteiger charge is -2.14. The van der Waals surface area contributed by atoms with Gasteiger partial charge in [0, 0.05) is 11.6 Å². The Morgan fingerprint density at radius 1 is 1.07 bits per heavy atom. The van der Waals surface area contributed by atoms with Gasteiger partial charge < -0.3 is 10.1 Å². The molecule has 0 atom stereocenters. The molecule has 9 heteroatoms. The van der Waals surface area contributed by atoms with Crippen molar-refractivity contribution in [3.63, 3.8) is 0 Å². The molecule has 156 valence electrons. The fraction of sp³-hybridized carbons (Fsp3) is 0.190. The van der Waals surface area contributed by atoms with Crippen molar-refractivity contribution in [1.29, 1.82) is 0 Å². The number of ether oxygens (including phenoxy) is 1. The fourth-order valence-corrected chi connectivity index (χ4v) is 2.74. The third-order valence-corrected chi connectivity index (χ3v) is 4.20. The quantitative estimate of drug-likeness (QED) is 0.658. The van der Waals surface area contributed by atoms with Crippen LogP contribution in [0.25, 0.3) is 11.3 Å². The van der Waals surface area contributed by atoms with Gasteiger partial charge in [-0.1, -0.05) is 43.3 Å². The first kappa shape index (κ1) is 21.1. The average Bonchev–Trinajstić information content (AvgIpc) is 2.70. The molecule has 0 fully saturated rings. The zero-order valence-electron chi connectivity index (χ0n) is 15.9. The molecule has 0 saturated carbocycles. The summed E-state index contributed by atoms with van der Waals surface area (Å²) in [4.78, 5) is 24.4. The van der Waals surface area contributed by atoms with Crippen molar-refractivity contribution in [3.8, 4) is 17.0 Å². The summed E-state index contributed by atoms with van der Waals surface area (Å²) in [7, 11) is 0. The Morgan fingerprint density at radius 2 is 1.77 bits per heavy atom. The van der Waals surface area contributed by atoms with Crippen LogP contribution in [0, 0.1) is 0 Å². The molecule has 3 aromatic rings. The summed E-state index contributed by atoms with van der Waals surface area (Å²) in [6, 6.07) is 15.6. The maximum atomic E-state index is 12.5. The molecule has 0 saturated heterocycles. The maximum Gasteiger partial charge on any atom is 0.573 e. The van der Waals surface area contributed by atoms with Crippen LogP contribution in [0.2, 0.25) is 0 Å². The predicted octanol–water partition coefficient (Wildman–Crippen LogP) is 4.01. The van der Waals surface area contributed by atoms with Gasteiger partial charge in [0.1, 0.15) is 6.54 Å². The highest BCUT2D eigenvalue weighted by Crippen LogP contribution is 2.29. The molecule has 0 aliphatic carbocycles. The molecule has 0 aliphatic heterocycles. The number of nitrogens with zero attached hydrogens (tertiary/aromatic N) is 2. The summed E-state index contributed by atoms with van der Waals surface area (Å²) in [5.74, 6) is -1.27. The Morgan fingerprint density at radius 3 is 2.43 bits per heavy atom. The number of hydrogen-bond donors (Lipinski definition) is 1. The standard InChI is InChI=1S/C21H18F3N3O3/c1-2-14-7-9-15(10-8-14)16-11-12-20(29)27(26-16)13-19(28)25-17-5-3-4-6-18(17)30-21(22,23)24/h3-12H,2,13H2,1H3,(H,25,28). The molecule has 0 spiro atoms. The average molecular weight is 417 g/mol. The SMILES string of the molecule is CCc1ccc(-c2ccc(=O)n(CC(=O)Nc3ccccc3OC(F)(F)F)n2)cc1. The zero-order chi connectivity index (χ0) is 21.7. The van der Waals surface area contributed by atoms with E-state index in [-0.39, 0.29) is 5.69 Å². The van der Waals surface area contributed by atoms with Gasteiger partial charge in [-0.3, -0.25) is 9.59 Å². The Balaban J connectivity index is 1.78. The first-order valence-electron chi connectivity index (χ1n) is 9.07. The number of aryl methyl sites for hydroxylation is 1. The minimum atomic E-state index is -4.90. The third kappa shape index (κ3) is 5.47. The van der Waals surface area contributed by atoms with Crippen molar-refractivity contribution in [2.45, 2.75) is 26.3 Å². The summed E-state index contributed by atoms with van der Waals surface area (Å²) in [5, 5.41) is 6.51. The molecule has 0 unspecified atom stereocenters. The number of carbonyl (C=O) groups is 1. The van der Waals surface area contributed by atoms with Gasteiger partial charge >= 0.3 is 6.36 Å². The lowest BCUT2D eigenvalue weighted by atomic mass is 10.1. The van der Waals surface area contributed by atoms with Gasteiger partial charge in [-0.05, 0) is 30.2 Å². The first-order valence-corrected chi connectivity index (χ1v) is 9.07. The van der Waals surface area contributed by atoms with E-state index in [1.165, 1.54) is 24.3 Å². The lowest BCUT2D eigenvalue weighted by molar-refractivity contribution is -0.274. The fourth-order valence-electron chi connectivity index (χ4n) is 2.74. The number of para-hydroxylation sites is 2. The van der Waals surface area contributed by atoms with Crippen LogP contribution in [-0.4, -0.2) is 22.1 Å². The summed E-state index contributed by atoms with van der Waals surface area (Å²) in [6.45, 7) is 1.56. The second-order valence-electron chi connectivity index (χ2n) is 6.36. The molecule has 3 rings (SSSR count). The van der Waals surface area contributed by atoms with E-state index in [4.69, 9.17) is 0 Å². The predicted molar refractivity (Wildman–Crippen MR) is 105 cm³/mol. The molecule has 6 nitrogen and oxygen atoms in total. The minimum Gasteiger partial charge on any atom is -0.404 e. The number of nitrogens with one attached hydrogen (secondary N) is 1. The van der Waals surface area contributed by atoms with Gasteiger partial charge in [0.05, 0.1) is 11.4 Å². The molecule has 0 aliphatic rings. The first-order chi connectivity index (χ1) is 14.2. The van der Waals surface area contributed by atoms with Crippen LogP contribution in [0.3, 0.4) is 0 Å². The maximum absolute atomic E-state index is 12.5. The molecule has 1 aromatic heterocycles. The highest BCUT2D eigenvalue weighted by atomic mass is 19.4. The van der Waals surface area contributed by atoms with Crippen LogP contribution < -0.4 is 15.6 Å². The van der Waals surface area contributed by atoms with E-state index in [0.717, 1.165) is 28.3 Å². The van der Waals surface area contributed by atoms with Crippen molar-refractivity contribution in [2.24, 2.45) is 0 Å². The Hall–Kier alpha value is -3.62.